The van der Waals surface area contributed by atoms with Crippen molar-refractivity contribution in [2.75, 3.05) is 6.61 Å². The minimum Gasteiger partial charge on any atom is -0.481 e. The third-order valence-corrected chi connectivity index (χ3v) is 8.74. The SMILES string of the molecule is CC(C)C1=C2C3C[C@H]4O[C@](O)(C=C4COC(=O)c4ccccc4)[C@]3(C)CC[C@@]2(C(=O)O)CC1. The molecule has 1 unspecified atom stereocenters. The fraction of sp³-hybridized carbons (Fsp3) is 0.556. The number of allylic oxidation sites excluding steroid dienone is 1. The number of carbonyl (C=O) groups is 2. The number of carboxylic acids is 1. The van der Waals surface area contributed by atoms with E-state index in [2.05, 4.69) is 13.8 Å². The maximum atomic E-state index is 12.5. The van der Waals surface area contributed by atoms with E-state index >= 15 is 0 Å². The van der Waals surface area contributed by atoms with Gasteiger partial charge in [-0.05, 0) is 73.3 Å². The lowest BCUT2D eigenvalue weighted by Gasteiger charge is -2.57. The van der Waals surface area contributed by atoms with Gasteiger partial charge in [0.15, 0.2) is 5.79 Å². The number of hydrogen-bond donors (Lipinski definition) is 2. The molecule has 1 saturated carbocycles. The molecule has 176 valence electrons. The molecule has 6 heteroatoms. The van der Waals surface area contributed by atoms with E-state index in [-0.39, 0.29) is 18.4 Å². The first-order valence-corrected chi connectivity index (χ1v) is 11.9. The van der Waals surface area contributed by atoms with Gasteiger partial charge in [-0.25, -0.2) is 4.79 Å². The summed E-state index contributed by atoms with van der Waals surface area (Å²) < 4.78 is 11.7. The van der Waals surface area contributed by atoms with Gasteiger partial charge in [-0.1, -0.05) is 44.5 Å². The highest BCUT2D eigenvalue weighted by molar-refractivity contribution is 5.89. The number of rotatable bonds is 5. The lowest BCUT2D eigenvalue weighted by Crippen LogP contribution is -2.59. The molecule has 0 amide bonds. The molecular formula is C27H32O6. The summed E-state index contributed by atoms with van der Waals surface area (Å²) in [6, 6.07) is 8.81. The summed E-state index contributed by atoms with van der Waals surface area (Å²) in [5.74, 6) is -2.50. The van der Waals surface area contributed by atoms with Crippen molar-refractivity contribution in [1.29, 1.82) is 0 Å². The quantitative estimate of drug-likeness (QED) is 0.505. The van der Waals surface area contributed by atoms with Crippen LogP contribution in [-0.2, 0) is 14.3 Å². The number of esters is 1. The van der Waals surface area contributed by atoms with Gasteiger partial charge in [0.05, 0.1) is 17.1 Å². The van der Waals surface area contributed by atoms with Gasteiger partial charge in [0, 0.05) is 5.41 Å². The smallest absolute Gasteiger partial charge is 0.338 e. The lowest BCUT2D eigenvalue weighted by atomic mass is 9.52. The van der Waals surface area contributed by atoms with Crippen LogP contribution < -0.4 is 0 Å². The average molecular weight is 453 g/mol. The number of fused-ring (bicyclic) bond motifs is 6. The predicted octanol–water partition coefficient (Wildman–Crippen LogP) is 4.49. The van der Waals surface area contributed by atoms with Crippen LogP contribution in [0.5, 0.6) is 0 Å². The van der Waals surface area contributed by atoms with Gasteiger partial charge in [0.1, 0.15) is 6.61 Å². The van der Waals surface area contributed by atoms with Crippen LogP contribution in [0.15, 0.2) is 53.1 Å². The lowest BCUT2D eigenvalue weighted by molar-refractivity contribution is -0.288. The highest BCUT2D eigenvalue weighted by Crippen LogP contribution is 2.67. The van der Waals surface area contributed by atoms with Gasteiger partial charge in [0.2, 0.25) is 0 Å². The summed E-state index contributed by atoms with van der Waals surface area (Å²) in [4.78, 5) is 25.0. The molecule has 5 atom stereocenters. The summed E-state index contributed by atoms with van der Waals surface area (Å²) in [5, 5.41) is 22.0. The van der Waals surface area contributed by atoms with Crippen molar-refractivity contribution < 1.29 is 29.3 Å². The van der Waals surface area contributed by atoms with Crippen LogP contribution in [0.2, 0.25) is 0 Å². The van der Waals surface area contributed by atoms with Crippen LogP contribution in [0.1, 0.15) is 63.2 Å². The fourth-order valence-corrected chi connectivity index (χ4v) is 6.77. The summed E-state index contributed by atoms with van der Waals surface area (Å²) in [5.41, 5.74) is 2.02. The second kappa shape index (κ2) is 7.54. The molecule has 1 aromatic rings. The number of aliphatic carboxylic acids is 1. The Kier molecular flexibility index (Phi) is 5.11. The van der Waals surface area contributed by atoms with Crippen LogP contribution in [0, 0.1) is 22.7 Å². The predicted molar refractivity (Wildman–Crippen MR) is 121 cm³/mol. The average Bonchev–Trinajstić information content (AvgIpc) is 3.32. The van der Waals surface area contributed by atoms with Crippen LogP contribution >= 0.6 is 0 Å². The number of aliphatic hydroxyl groups is 1. The van der Waals surface area contributed by atoms with Crippen molar-refractivity contribution in [3.8, 4) is 0 Å². The number of carboxylic acid groups (broad SMARTS) is 1. The van der Waals surface area contributed by atoms with E-state index in [1.165, 1.54) is 5.57 Å². The Morgan fingerprint density at radius 1 is 1.18 bits per heavy atom. The number of carbonyl (C=O) groups excluding carboxylic acids is 1. The maximum absolute atomic E-state index is 12.5. The van der Waals surface area contributed by atoms with Gasteiger partial charge in [-0.2, -0.15) is 0 Å². The Morgan fingerprint density at radius 2 is 1.91 bits per heavy atom. The van der Waals surface area contributed by atoms with Crippen molar-refractivity contribution in [3.63, 3.8) is 0 Å². The molecule has 5 rings (SSSR count). The molecule has 2 aliphatic heterocycles. The van der Waals surface area contributed by atoms with Crippen LogP contribution in [-0.4, -0.2) is 40.6 Å². The van der Waals surface area contributed by atoms with Crippen molar-refractivity contribution in [2.24, 2.45) is 22.7 Å². The van der Waals surface area contributed by atoms with E-state index < -0.39 is 34.7 Å². The Morgan fingerprint density at radius 3 is 2.58 bits per heavy atom. The molecule has 2 heterocycles. The molecule has 0 aromatic heterocycles. The first kappa shape index (κ1) is 22.4. The minimum atomic E-state index is -1.50. The van der Waals surface area contributed by atoms with E-state index in [1.54, 1.807) is 30.3 Å². The number of ether oxygens (including phenoxy) is 2. The zero-order valence-electron chi connectivity index (χ0n) is 19.5. The summed E-state index contributed by atoms with van der Waals surface area (Å²) in [6.45, 7) is 6.32. The van der Waals surface area contributed by atoms with Crippen LogP contribution in [0.25, 0.3) is 0 Å². The summed E-state index contributed by atoms with van der Waals surface area (Å²) in [6.07, 6.45) is 4.42. The Hall–Kier alpha value is -2.44. The second-order valence-electron chi connectivity index (χ2n) is 10.7. The van der Waals surface area contributed by atoms with Gasteiger partial charge in [-0.15, -0.1) is 0 Å². The topological polar surface area (TPSA) is 93.1 Å². The zero-order valence-corrected chi connectivity index (χ0v) is 19.5. The van der Waals surface area contributed by atoms with E-state index in [0.29, 0.717) is 31.2 Å². The molecule has 2 bridgehead atoms. The second-order valence-corrected chi connectivity index (χ2v) is 10.7. The van der Waals surface area contributed by atoms with E-state index in [0.717, 1.165) is 17.6 Å². The molecule has 2 N–H and O–H groups in total. The Labute approximate surface area is 194 Å². The fourth-order valence-electron chi connectivity index (χ4n) is 6.77. The number of hydrogen-bond acceptors (Lipinski definition) is 5. The summed E-state index contributed by atoms with van der Waals surface area (Å²) in [7, 11) is 0. The van der Waals surface area contributed by atoms with E-state index in [4.69, 9.17) is 9.47 Å². The van der Waals surface area contributed by atoms with Crippen molar-refractivity contribution in [3.05, 3.63) is 58.7 Å². The highest BCUT2D eigenvalue weighted by Gasteiger charge is 2.67. The third kappa shape index (κ3) is 3.14. The standard InChI is InChI=1S/C27H32O6/c1-16(2)19-9-10-26(24(29)30)12-11-25(3)20(22(19)26)13-21-18(14-27(25,31)33-21)15-32-23(28)17-7-5-4-6-8-17/h4-8,14,16,20-21,31H,9-13,15H2,1-3H3,(H,29,30)/t20?,21-,25-,26+,27-/m1/s1. The van der Waals surface area contributed by atoms with E-state index in [9.17, 15) is 19.8 Å². The normalized spacial score (nSPS) is 36.9. The maximum Gasteiger partial charge on any atom is 0.338 e. The zero-order chi connectivity index (χ0) is 23.6. The molecule has 6 nitrogen and oxygen atoms in total. The Balaban J connectivity index is 1.46. The molecule has 1 aromatic carbocycles. The molecule has 2 fully saturated rings. The van der Waals surface area contributed by atoms with Crippen molar-refractivity contribution in [2.45, 2.75) is 64.8 Å². The monoisotopic (exact) mass is 452 g/mol. The van der Waals surface area contributed by atoms with Crippen LogP contribution in [0.4, 0.5) is 0 Å². The molecule has 33 heavy (non-hydrogen) atoms. The molecule has 2 aliphatic carbocycles. The molecule has 4 aliphatic rings. The summed E-state index contributed by atoms with van der Waals surface area (Å²) >= 11 is 0. The van der Waals surface area contributed by atoms with Gasteiger partial charge in [-0.3, -0.25) is 4.79 Å². The van der Waals surface area contributed by atoms with Crippen molar-refractivity contribution >= 4 is 11.9 Å². The number of benzene rings is 1. The van der Waals surface area contributed by atoms with Crippen LogP contribution in [0.3, 0.4) is 0 Å². The first-order valence-electron chi connectivity index (χ1n) is 11.9. The van der Waals surface area contributed by atoms with Gasteiger partial charge in [0.25, 0.3) is 0 Å². The first-order chi connectivity index (χ1) is 15.6. The largest absolute Gasteiger partial charge is 0.481 e. The van der Waals surface area contributed by atoms with Gasteiger partial charge >= 0.3 is 11.9 Å². The minimum absolute atomic E-state index is 0.0453. The molecule has 1 saturated heterocycles. The van der Waals surface area contributed by atoms with Gasteiger partial charge < -0.3 is 19.7 Å². The van der Waals surface area contributed by atoms with Crippen molar-refractivity contribution in [1.82, 2.24) is 0 Å². The van der Waals surface area contributed by atoms with E-state index in [1.807, 2.05) is 13.0 Å². The molecule has 0 spiro atoms. The third-order valence-electron chi connectivity index (χ3n) is 8.74. The molecule has 0 radical (unpaired) electrons. The highest BCUT2D eigenvalue weighted by atomic mass is 16.6. The molecular weight excluding hydrogens is 420 g/mol. The Bertz CT molecular complexity index is 1060.